The predicted octanol–water partition coefficient (Wildman–Crippen LogP) is 4.13. The minimum Gasteiger partial charge on any atom is -0.376 e. The molecule has 4 rings (SSSR count). The van der Waals surface area contributed by atoms with Gasteiger partial charge in [-0.3, -0.25) is 4.79 Å². The molecule has 116 valence electrons. The largest absolute Gasteiger partial charge is 0.376 e. The number of hydrogen-bond donors (Lipinski definition) is 1. The maximum absolute atomic E-state index is 12.5. The van der Waals surface area contributed by atoms with E-state index in [1.807, 2.05) is 42.5 Å². The van der Waals surface area contributed by atoms with Gasteiger partial charge in [-0.15, -0.1) is 0 Å². The molecule has 0 saturated heterocycles. The van der Waals surface area contributed by atoms with Gasteiger partial charge in [0.1, 0.15) is 0 Å². The fraction of sp³-hybridized carbons (Fsp3) is 0.250. The standard InChI is InChI=1S/C20H19NO2/c22-19-11-15(13-23-12-14-6-2-1-3-7-14)10-18-20(19)16-8-4-5-9-17(16)21-18/h1-9,15,21H,10-13H2. The number of hydrogen-bond acceptors (Lipinski definition) is 2. The number of rotatable bonds is 4. The van der Waals surface area contributed by atoms with Crippen LogP contribution >= 0.6 is 0 Å². The van der Waals surface area contributed by atoms with Crippen LogP contribution < -0.4 is 0 Å². The van der Waals surface area contributed by atoms with Gasteiger partial charge in [-0.1, -0.05) is 48.5 Å². The number of H-pyrrole nitrogens is 1. The average Bonchev–Trinajstić information content (AvgIpc) is 2.94. The Kier molecular flexibility index (Phi) is 3.72. The zero-order chi connectivity index (χ0) is 15.6. The molecule has 3 heteroatoms. The van der Waals surface area contributed by atoms with Crippen molar-refractivity contribution >= 4 is 16.7 Å². The Balaban J connectivity index is 1.46. The van der Waals surface area contributed by atoms with Crippen molar-refractivity contribution in [2.45, 2.75) is 19.4 Å². The second kappa shape index (κ2) is 6.01. The van der Waals surface area contributed by atoms with Gasteiger partial charge in [0.15, 0.2) is 5.78 Å². The van der Waals surface area contributed by atoms with Gasteiger partial charge < -0.3 is 9.72 Å². The lowest BCUT2D eigenvalue weighted by Gasteiger charge is -2.21. The smallest absolute Gasteiger partial charge is 0.165 e. The summed E-state index contributed by atoms with van der Waals surface area (Å²) in [6.07, 6.45) is 1.45. The molecule has 0 saturated carbocycles. The fourth-order valence-electron chi connectivity index (χ4n) is 3.43. The zero-order valence-electron chi connectivity index (χ0n) is 12.9. The molecule has 0 radical (unpaired) electrons. The number of Topliss-reactive ketones (excluding diaryl/α,β-unsaturated/α-hetero) is 1. The number of carbonyl (C=O) groups excluding carboxylic acids is 1. The van der Waals surface area contributed by atoms with Gasteiger partial charge in [0.2, 0.25) is 0 Å². The molecule has 1 heterocycles. The summed E-state index contributed by atoms with van der Waals surface area (Å²) in [6, 6.07) is 18.2. The van der Waals surface area contributed by atoms with Gasteiger partial charge in [0.25, 0.3) is 0 Å². The van der Waals surface area contributed by atoms with Crippen LogP contribution in [0.25, 0.3) is 10.9 Å². The Hall–Kier alpha value is -2.39. The van der Waals surface area contributed by atoms with E-state index >= 15 is 0 Å². The Morgan fingerprint density at radius 1 is 1.00 bits per heavy atom. The van der Waals surface area contributed by atoms with Crippen LogP contribution in [0.3, 0.4) is 0 Å². The minimum absolute atomic E-state index is 0.233. The summed E-state index contributed by atoms with van der Waals surface area (Å²) in [7, 11) is 0. The van der Waals surface area contributed by atoms with Crippen molar-refractivity contribution < 1.29 is 9.53 Å². The summed E-state index contributed by atoms with van der Waals surface area (Å²) in [5.41, 5.74) is 4.17. The summed E-state index contributed by atoms with van der Waals surface area (Å²) in [5, 5.41) is 1.05. The van der Waals surface area contributed by atoms with Crippen molar-refractivity contribution in [2.24, 2.45) is 5.92 Å². The van der Waals surface area contributed by atoms with Crippen molar-refractivity contribution in [3.63, 3.8) is 0 Å². The molecule has 0 aliphatic heterocycles. The van der Waals surface area contributed by atoms with E-state index in [1.54, 1.807) is 0 Å². The number of aromatic amines is 1. The molecule has 3 nitrogen and oxygen atoms in total. The predicted molar refractivity (Wildman–Crippen MR) is 90.5 cm³/mol. The molecule has 0 amide bonds. The number of ketones is 1. The van der Waals surface area contributed by atoms with E-state index in [0.717, 1.165) is 28.6 Å². The number of nitrogens with one attached hydrogen (secondary N) is 1. The molecular formula is C20H19NO2. The molecule has 1 atom stereocenters. The highest BCUT2D eigenvalue weighted by Gasteiger charge is 2.28. The molecule has 1 N–H and O–H groups in total. The maximum atomic E-state index is 12.5. The first kappa shape index (κ1) is 14.2. The molecule has 1 aromatic heterocycles. The van der Waals surface area contributed by atoms with Crippen molar-refractivity contribution in [3.05, 3.63) is 71.4 Å². The van der Waals surface area contributed by atoms with Crippen LogP contribution in [0.5, 0.6) is 0 Å². The van der Waals surface area contributed by atoms with Gasteiger partial charge in [-0.25, -0.2) is 0 Å². The monoisotopic (exact) mass is 305 g/mol. The van der Waals surface area contributed by atoms with Crippen LogP contribution in [-0.2, 0) is 17.8 Å². The van der Waals surface area contributed by atoms with Crippen LogP contribution in [0, 0.1) is 5.92 Å². The highest BCUT2D eigenvalue weighted by atomic mass is 16.5. The third-order valence-electron chi connectivity index (χ3n) is 4.49. The lowest BCUT2D eigenvalue weighted by molar-refractivity contribution is 0.0714. The molecular weight excluding hydrogens is 286 g/mol. The highest BCUT2D eigenvalue weighted by molar-refractivity contribution is 6.10. The molecule has 3 aromatic rings. The van der Waals surface area contributed by atoms with E-state index in [2.05, 4.69) is 17.1 Å². The number of carbonyl (C=O) groups is 1. The Labute approximate surface area is 135 Å². The lowest BCUT2D eigenvalue weighted by Crippen LogP contribution is -2.23. The van der Waals surface area contributed by atoms with Gasteiger partial charge in [-0.2, -0.15) is 0 Å². The van der Waals surface area contributed by atoms with E-state index in [1.165, 1.54) is 5.56 Å². The number of para-hydroxylation sites is 1. The van der Waals surface area contributed by atoms with Gasteiger partial charge in [-0.05, 0) is 24.0 Å². The SMILES string of the molecule is O=C1CC(COCc2ccccc2)Cc2[nH]c3ccccc3c21. The first-order valence-electron chi connectivity index (χ1n) is 8.05. The van der Waals surface area contributed by atoms with Crippen LogP contribution in [-0.4, -0.2) is 17.4 Å². The Morgan fingerprint density at radius 2 is 1.78 bits per heavy atom. The topological polar surface area (TPSA) is 42.1 Å². The van der Waals surface area contributed by atoms with Crippen molar-refractivity contribution in [3.8, 4) is 0 Å². The second-order valence-electron chi connectivity index (χ2n) is 6.22. The van der Waals surface area contributed by atoms with Crippen LogP contribution in [0.1, 0.15) is 28.0 Å². The summed E-state index contributed by atoms with van der Waals surface area (Å²) in [4.78, 5) is 15.9. The van der Waals surface area contributed by atoms with E-state index in [-0.39, 0.29) is 11.7 Å². The van der Waals surface area contributed by atoms with Crippen molar-refractivity contribution in [2.75, 3.05) is 6.61 Å². The van der Waals surface area contributed by atoms with E-state index in [4.69, 9.17) is 4.74 Å². The quantitative estimate of drug-likeness (QED) is 0.787. The van der Waals surface area contributed by atoms with Crippen LogP contribution in [0.15, 0.2) is 54.6 Å². The molecule has 1 aliphatic rings. The van der Waals surface area contributed by atoms with Crippen LogP contribution in [0.2, 0.25) is 0 Å². The summed E-state index contributed by atoms with van der Waals surface area (Å²) in [6.45, 7) is 1.22. The van der Waals surface area contributed by atoms with E-state index < -0.39 is 0 Å². The summed E-state index contributed by atoms with van der Waals surface area (Å²) < 4.78 is 5.83. The van der Waals surface area contributed by atoms with E-state index in [9.17, 15) is 4.79 Å². The van der Waals surface area contributed by atoms with Gasteiger partial charge in [0, 0.05) is 28.6 Å². The molecule has 1 unspecified atom stereocenters. The molecule has 0 bridgehead atoms. The third-order valence-corrected chi connectivity index (χ3v) is 4.49. The highest BCUT2D eigenvalue weighted by Crippen LogP contribution is 2.31. The second-order valence-corrected chi connectivity index (χ2v) is 6.22. The molecule has 2 aromatic carbocycles. The van der Waals surface area contributed by atoms with Gasteiger partial charge in [0.05, 0.1) is 13.2 Å². The van der Waals surface area contributed by atoms with E-state index in [0.29, 0.717) is 19.6 Å². The molecule has 0 fully saturated rings. The van der Waals surface area contributed by atoms with Gasteiger partial charge >= 0.3 is 0 Å². The third kappa shape index (κ3) is 2.80. The minimum atomic E-state index is 0.233. The first-order valence-corrected chi connectivity index (χ1v) is 8.05. The lowest BCUT2D eigenvalue weighted by atomic mass is 9.86. The fourth-order valence-corrected chi connectivity index (χ4v) is 3.43. The number of aromatic nitrogens is 1. The van der Waals surface area contributed by atoms with Crippen LogP contribution in [0.4, 0.5) is 0 Å². The van der Waals surface area contributed by atoms with Crippen molar-refractivity contribution in [1.82, 2.24) is 4.98 Å². The first-order chi connectivity index (χ1) is 11.3. The molecule has 0 spiro atoms. The Bertz CT molecular complexity index is 835. The Morgan fingerprint density at radius 3 is 2.65 bits per heavy atom. The average molecular weight is 305 g/mol. The number of benzene rings is 2. The molecule has 23 heavy (non-hydrogen) atoms. The maximum Gasteiger partial charge on any atom is 0.165 e. The zero-order valence-corrected chi connectivity index (χ0v) is 12.9. The normalized spacial score (nSPS) is 17.4. The number of ether oxygens (including phenoxy) is 1. The van der Waals surface area contributed by atoms with Crippen molar-refractivity contribution in [1.29, 1.82) is 0 Å². The molecule has 1 aliphatic carbocycles. The summed E-state index contributed by atoms with van der Waals surface area (Å²) >= 11 is 0. The summed E-state index contributed by atoms with van der Waals surface area (Å²) in [5.74, 6) is 0.490. The number of fused-ring (bicyclic) bond motifs is 3.